The summed E-state index contributed by atoms with van der Waals surface area (Å²) < 4.78 is 5.82. The van der Waals surface area contributed by atoms with Gasteiger partial charge in [-0.3, -0.25) is 14.5 Å². The molecule has 0 bridgehead atoms. The van der Waals surface area contributed by atoms with E-state index in [-0.39, 0.29) is 12.6 Å². The molecule has 4 amide bonds. The van der Waals surface area contributed by atoms with Crippen molar-refractivity contribution in [3.05, 3.63) is 71.5 Å². The van der Waals surface area contributed by atoms with Crippen LogP contribution in [0.1, 0.15) is 50.6 Å². The molecule has 1 aliphatic heterocycles. The molecule has 2 atom stereocenters. The quantitative estimate of drug-likeness (QED) is 0.529. The minimum atomic E-state index is -1.37. The van der Waals surface area contributed by atoms with Gasteiger partial charge in [0, 0.05) is 5.39 Å². The number of para-hydroxylation sites is 1. The van der Waals surface area contributed by atoms with Crippen LogP contribution in [0.15, 0.2) is 59.0 Å². The van der Waals surface area contributed by atoms with Gasteiger partial charge in [0.2, 0.25) is 5.91 Å². The summed E-state index contributed by atoms with van der Waals surface area (Å²) in [7, 11) is 0. The lowest BCUT2D eigenvalue weighted by molar-refractivity contribution is -0.135. The summed E-state index contributed by atoms with van der Waals surface area (Å²) in [5.41, 5.74) is 1.46. The Hall–Kier alpha value is -3.61. The third-order valence-electron chi connectivity index (χ3n) is 6.00. The van der Waals surface area contributed by atoms with Gasteiger partial charge in [-0.1, -0.05) is 56.3 Å². The number of nitrogens with zero attached hydrogens (tertiary/aromatic N) is 1. The first-order valence-corrected chi connectivity index (χ1v) is 11.2. The fraction of sp³-hybridized carbons (Fsp3) is 0.346. The van der Waals surface area contributed by atoms with Crippen LogP contribution in [0.4, 0.5) is 4.79 Å². The van der Waals surface area contributed by atoms with Crippen molar-refractivity contribution in [3.63, 3.8) is 0 Å². The number of hydrogen-bond acceptors (Lipinski definition) is 4. The number of imide groups is 1. The molecule has 2 unspecified atom stereocenters. The number of carbonyl (C=O) groups excluding carboxylic acids is 3. The van der Waals surface area contributed by atoms with Crippen molar-refractivity contribution in [2.24, 2.45) is 5.92 Å². The number of benzene rings is 2. The molecule has 1 saturated heterocycles. The highest BCUT2D eigenvalue weighted by atomic mass is 16.3. The van der Waals surface area contributed by atoms with E-state index in [4.69, 9.17) is 4.42 Å². The highest BCUT2D eigenvalue weighted by Crippen LogP contribution is 2.33. The van der Waals surface area contributed by atoms with Crippen LogP contribution in [0, 0.1) is 5.92 Å². The summed E-state index contributed by atoms with van der Waals surface area (Å²) in [6, 6.07) is 16.4. The second kappa shape index (κ2) is 8.73. The smallest absolute Gasteiger partial charge is 0.325 e. The first-order chi connectivity index (χ1) is 15.7. The molecule has 1 aliphatic rings. The SMILES string of the molecule is CC(C)Cc1ccc(C(C)NC(=O)CN2C(=O)NC(C)(c3cc4ccccc4o3)C2=O)cc1. The molecule has 7 heteroatoms. The number of hydrogen-bond donors (Lipinski definition) is 2. The standard InChI is InChI=1S/C26H29N3O4/c1-16(2)13-18-9-11-19(12-10-18)17(3)27-23(30)15-29-24(31)26(4,28-25(29)32)22-14-20-7-5-6-8-21(20)33-22/h5-12,14,16-17H,13,15H2,1-4H3,(H,27,30)(H,28,32). The molecule has 0 radical (unpaired) electrons. The Morgan fingerprint density at radius 2 is 1.79 bits per heavy atom. The molecule has 7 nitrogen and oxygen atoms in total. The van der Waals surface area contributed by atoms with Gasteiger partial charge >= 0.3 is 6.03 Å². The Balaban J connectivity index is 1.42. The summed E-state index contributed by atoms with van der Waals surface area (Å²) >= 11 is 0. The van der Waals surface area contributed by atoms with Crippen LogP contribution in [-0.2, 0) is 21.5 Å². The summed E-state index contributed by atoms with van der Waals surface area (Å²) in [6.45, 7) is 7.44. The van der Waals surface area contributed by atoms with Gasteiger partial charge in [0.15, 0.2) is 5.54 Å². The van der Waals surface area contributed by atoms with E-state index in [1.807, 2.05) is 37.3 Å². The zero-order valence-electron chi connectivity index (χ0n) is 19.3. The van der Waals surface area contributed by atoms with Crippen molar-refractivity contribution in [2.75, 3.05) is 6.54 Å². The van der Waals surface area contributed by atoms with Crippen LogP contribution in [0.3, 0.4) is 0 Å². The Kier molecular flexibility index (Phi) is 5.97. The summed E-state index contributed by atoms with van der Waals surface area (Å²) in [5.74, 6) is -0.0271. The number of nitrogens with one attached hydrogen (secondary N) is 2. The van der Waals surface area contributed by atoms with Gasteiger partial charge in [-0.2, -0.15) is 0 Å². The van der Waals surface area contributed by atoms with Crippen LogP contribution < -0.4 is 10.6 Å². The van der Waals surface area contributed by atoms with E-state index in [2.05, 4.69) is 36.6 Å². The fourth-order valence-corrected chi connectivity index (χ4v) is 4.16. The zero-order valence-corrected chi connectivity index (χ0v) is 19.3. The van der Waals surface area contributed by atoms with Gasteiger partial charge in [0.1, 0.15) is 17.9 Å². The highest BCUT2D eigenvalue weighted by Gasteiger charge is 2.51. The van der Waals surface area contributed by atoms with Crippen molar-refractivity contribution in [2.45, 2.75) is 45.7 Å². The normalized spacial score (nSPS) is 19.2. The Morgan fingerprint density at radius 3 is 2.45 bits per heavy atom. The molecule has 33 heavy (non-hydrogen) atoms. The minimum absolute atomic E-state index is 0.256. The first kappa shape index (κ1) is 22.6. The third-order valence-corrected chi connectivity index (χ3v) is 6.00. The van der Waals surface area contributed by atoms with Crippen LogP contribution in [-0.4, -0.2) is 29.3 Å². The molecular weight excluding hydrogens is 418 g/mol. The van der Waals surface area contributed by atoms with Gasteiger partial charge < -0.3 is 15.1 Å². The van der Waals surface area contributed by atoms with Gasteiger partial charge in [0.05, 0.1) is 6.04 Å². The van der Waals surface area contributed by atoms with Gasteiger partial charge in [-0.05, 0) is 49.4 Å². The lowest BCUT2D eigenvalue weighted by Crippen LogP contribution is -2.43. The minimum Gasteiger partial charge on any atom is -0.458 e. The van der Waals surface area contributed by atoms with E-state index in [9.17, 15) is 14.4 Å². The van der Waals surface area contributed by atoms with Gasteiger partial charge in [0.25, 0.3) is 5.91 Å². The molecule has 0 spiro atoms. The predicted molar refractivity (Wildman–Crippen MR) is 125 cm³/mol. The average Bonchev–Trinajstić information content (AvgIpc) is 3.30. The topological polar surface area (TPSA) is 91.7 Å². The summed E-state index contributed by atoms with van der Waals surface area (Å²) in [6.07, 6.45) is 0.997. The lowest BCUT2D eigenvalue weighted by Gasteiger charge is -2.20. The van der Waals surface area contributed by atoms with E-state index in [0.29, 0.717) is 17.3 Å². The number of rotatable bonds is 7. The second-order valence-electron chi connectivity index (χ2n) is 9.22. The highest BCUT2D eigenvalue weighted by molar-refractivity contribution is 6.09. The van der Waals surface area contributed by atoms with Gasteiger partial charge in [-0.25, -0.2) is 4.79 Å². The van der Waals surface area contributed by atoms with E-state index in [0.717, 1.165) is 22.3 Å². The molecule has 3 aromatic rings. The molecule has 1 aromatic heterocycles. The van der Waals surface area contributed by atoms with E-state index in [1.165, 1.54) is 5.56 Å². The van der Waals surface area contributed by atoms with Crippen molar-refractivity contribution >= 4 is 28.8 Å². The number of carbonyl (C=O) groups is 3. The van der Waals surface area contributed by atoms with Crippen LogP contribution >= 0.6 is 0 Å². The number of urea groups is 1. The fourth-order valence-electron chi connectivity index (χ4n) is 4.16. The molecule has 0 aliphatic carbocycles. The Morgan fingerprint density at radius 1 is 1.09 bits per heavy atom. The molecular formula is C26H29N3O4. The van der Waals surface area contributed by atoms with Crippen molar-refractivity contribution in [1.82, 2.24) is 15.5 Å². The molecule has 172 valence electrons. The van der Waals surface area contributed by atoms with Gasteiger partial charge in [-0.15, -0.1) is 0 Å². The number of fused-ring (bicyclic) bond motifs is 1. The number of amides is 4. The maximum Gasteiger partial charge on any atom is 0.325 e. The maximum absolute atomic E-state index is 13.1. The molecule has 2 heterocycles. The van der Waals surface area contributed by atoms with Crippen molar-refractivity contribution < 1.29 is 18.8 Å². The molecule has 4 rings (SSSR count). The first-order valence-electron chi connectivity index (χ1n) is 11.2. The maximum atomic E-state index is 13.1. The van der Waals surface area contributed by atoms with E-state index in [1.54, 1.807) is 19.1 Å². The zero-order chi connectivity index (χ0) is 23.8. The summed E-state index contributed by atoms with van der Waals surface area (Å²) in [5, 5.41) is 6.39. The summed E-state index contributed by atoms with van der Waals surface area (Å²) in [4.78, 5) is 39.3. The van der Waals surface area contributed by atoms with E-state index < -0.39 is 23.4 Å². The van der Waals surface area contributed by atoms with Crippen LogP contribution in [0.2, 0.25) is 0 Å². The Bertz CT molecular complexity index is 1160. The number of furan rings is 1. The Labute approximate surface area is 193 Å². The predicted octanol–water partition coefficient (Wildman–Crippen LogP) is 4.28. The monoisotopic (exact) mass is 447 g/mol. The molecule has 0 saturated carbocycles. The van der Waals surface area contributed by atoms with Crippen molar-refractivity contribution in [3.8, 4) is 0 Å². The molecule has 2 aromatic carbocycles. The average molecular weight is 448 g/mol. The molecule has 1 fully saturated rings. The van der Waals surface area contributed by atoms with Crippen LogP contribution in [0.25, 0.3) is 11.0 Å². The third kappa shape index (κ3) is 4.49. The second-order valence-corrected chi connectivity index (χ2v) is 9.22. The lowest BCUT2D eigenvalue weighted by atomic mass is 9.99. The molecule has 2 N–H and O–H groups in total. The largest absolute Gasteiger partial charge is 0.458 e. The van der Waals surface area contributed by atoms with Crippen LogP contribution in [0.5, 0.6) is 0 Å². The van der Waals surface area contributed by atoms with Crippen molar-refractivity contribution in [1.29, 1.82) is 0 Å². The van der Waals surface area contributed by atoms with E-state index >= 15 is 0 Å².